The van der Waals surface area contributed by atoms with Gasteiger partial charge in [-0.1, -0.05) is 18.6 Å². The summed E-state index contributed by atoms with van der Waals surface area (Å²) >= 11 is 1.93. The van der Waals surface area contributed by atoms with Crippen LogP contribution < -0.4 is 5.32 Å². The zero-order valence-electron chi connectivity index (χ0n) is 10.5. The lowest BCUT2D eigenvalue weighted by molar-refractivity contribution is -0.384. The van der Waals surface area contributed by atoms with Crippen LogP contribution in [0.4, 0.5) is 5.69 Å². The van der Waals surface area contributed by atoms with Crippen LogP contribution in [0.2, 0.25) is 0 Å². The summed E-state index contributed by atoms with van der Waals surface area (Å²) in [6, 6.07) is 6.83. The number of thioether (sulfide) groups is 1. The molecule has 0 atom stereocenters. The van der Waals surface area contributed by atoms with Gasteiger partial charge < -0.3 is 5.32 Å². The van der Waals surface area contributed by atoms with Gasteiger partial charge in [0.25, 0.3) is 5.69 Å². The molecule has 0 bridgehead atoms. The fraction of sp³-hybridized carbons (Fsp3) is 0.538. The number of non-ortho nitro benzene ring substituents is 1. The van der Waals surface area contributed by atoms with E-state index in [9.17, 15) is 10.1 Å². The van der Waals surface area contributed by atoms with Crippen LogP contribution >= 0.6 is 11.8 Å². The topological polar surface area (TPSA) is 55.2 Å². The predicted octanol–water partition coefficient (Wildman–Crippen LogP) is 2.97. The summed E-state index contributed by atoms with van der Waals surface area (Å²) in [4.78, 5) is 10.3. The van der Waals surface area contributed by atoms with Gasteiger partial charge in [0, 0.05) is 30.0 Å². The number of nitro benzene ring substituents is 1. The number of nitrogens with zero attached hydrogens (tertiary/aromatic N) is 1. The molecule has 0 saturated heterocycles. The molecule has 4 nitrogen and oxygen atoms in total. The van der Waals surface area contributed by atoms with E-state index in [1.807, 2.05) is 17.8 Å². The Balaban J connectivity index is 1.86. The molecule has 2 rings (SSSR count). The molecule has 0 aromatic heterocycles. The molecule has 1 aliphatic carbocycles. The molecule has 98 valence electrons. The smallest absolute Gasteiger partial charge is 0.269 e. The number of hydrogen-bond donors (Lipinski definition) is 1. The molecule has 0 spiro atoms. The number of nitrogens with one attached hydrogen (secondary N) is 1. The van der Waals surface area contributed by atoms with E-state index in [1.54, 1.807) is 12.1 Å². The summed E-state index contributed by atoms with van der Waals surface area (Å²) in [5.74, 6) is 0. The van der Waals surface area contributed by atoms with Crippen molar-refractivity contribution in [1.82, 2.24) is 5.32 Å². The first-order chi connectivity index (χ1) is 8.65. The lowest BCUT2D eigenvalue weighted by Crippen LogP contribution is -2.43. The monoisotopic (exact) mass is 266 g/mol. The minimum atomic E-state index is -0.348. The maximum Gasteiger partial charge on any atom is 0.269 e. The number of nitro groups is 1. The first-order valence-corrected chi connectivity index (χ1v) is 7.37. The molecule has 1 N–H and O–H groups in total. The second-order valence-electron chi connectivity index (χ2n) is 4.77. The highest BCUT2D eigenvalue weighted by Gasteiger charge is 2.35. The SMILES string of the molecule is CSC1(CNCc2cccc([N+](=O)[O-])c2)CCC1. The third-order valence-corrected chi connectivity index (χ3v) is 5.01. The van der Waals surface area contributed by atoms with Gasteiger partial charge in [-0.3, -0.25) is 10.1 Å². The molecule has 0 radical (unpaired) electrons. The highest BCUT2D eigenvalue weighted by molar-refractivity contribution is 8.00. The number of hydrogen-bond acceptors (Lipinski definition) is 4. The molecule has 1 fully saturated rings. The Bertz CT molecular complexity index is 427. The average molecular weight is 266 g/mol. The minimum Gasteiger partial charge on any atom is -0.311 e. The average Bonchev–Trinajstić information content (AvgIpc) is 2.33. The minimum absolute atomic E-state index is 0.164. The molecule has 0 aliphatic heterocycles. The molecule has 0 amide bonds. The van der Waals surface area contributed by atoms with Crippen LogP contribution in [0.5, 0.6) is 0 Å². The van der Waals surface area contributed by atoms with Gasteiger partial charge in [0.2, 0.25) is 0 Å². The fourth-order valence-corrected chi connectivity index (χ4v) is 3.18. The van der Waals surface area contributed by atoms with Crippen LogP contribution in [0.3, 0.4) is 0 Å². The standard InChI is InChI=1S/C13H18N2O2S/c1-18-13(6-3-7-13)10-14-9-11-4-2-5-12(8-11)15(16)17/h2,4-5,8,14H,3,6-7,9-10H2,1H3. The Morgan fingerprint density at radius 3 is 2.83 bits per heavy atom. The van der Waals surface area contributed by atoms with Crippen molar-refractivity contribution in [2.75, 3.05) is 12.8 Å². The Morgan fingerprint density at radius 2 is 2.28 bits per heavy atom. The lowest BCUT2D eigenvalue weighted by atomic mass is 9.84. The molecule has 1 aromatic carbocycles. The van der Waals surface area contributed by atoms with E-state index in [2.05, 4.69) is 11.6 Å². The molecule has 1 aliphatic rings. The van der Waals surface area contributed by atoms with E-state index in [0.29, 0.717) is 11.3 Å². The molecule has 0 unspecified atom stereocenters. The van der Waals surface area contributed by atoms with Crippen molar-refractivity contribution in [3.05, 3.63) is 39.9 Å². The Labute approximate surface area is 111 Å². The van der Waals surface area contributed by atoms with Crippen LogP contribution in [-0.2, 0) is 6.54 Å². The van der Waals surface area contributed by atoms with Gasteiger partial charge in [-0.05, 0) is 24.7 Å². The van der Waals surface area contributed by atoms with Gasteiger partial charge in [0.1, 0.15) is 0 Å². The van der Waals surface area contributed by atoms with Gasteiger partial charge >= 0.3 is 0 Å². The van der Waals surface area contributed by atoms with Gasteiger partial charge in [-0.15, -0.1) is 0 Å². The van der Waals surface area contributed by atoms with Crippen molar-refractivity contribution in [3.63, 3.8) is 0 Å². The second kappa shape index (κ2) is 5.71. The van der Waals surface area contributed by atoms with E-state index >= 15 is 0 Å². The summed E-state index contributed by atoms with van der Waals surface area (Å²) < 4.78 is 0.403. The summed E-state index contributed by atoms with van der Waals surface area (Å²) in [5, 5.41) is 14.1. The van der Waals surface area contributed by atoms with Gasteiger partial charge in [0.15, 0.2) is 0 Å². The molecule has 1 saturated carbocycles. The van der Waals surface area contributed by atoms with Gasteiger partial charge in [0.05, 0.1) is 4.92 Å². The third kappa shape index (κ3) is 3.03. The van der Waals surface area contributed by atoms with Crippen molar-refractivity contribution in [1.29, 1.82) is 0 Å². The van der Waals surface area contributed by atoms with E-state index < -0.39 is 0 Å². The highest BCUT2D eigenvalue weighted by atomic mass is 32.2. The van der Waals surface area contributed by atoms with Crippen LogP contribution in [0.15, 0.2) is 24.3 Å². The highest BCUT2D eigenvalue weighted by Crippen LogP contribution is 2.42. The normalized spacial score (nSPS) is 17.2. The predicted molar refractivity (Wildman–Crippen MR) is 74.9 cm³/mol. The van der Waals surface area contributed by atoms with Crippen molar-refractivity contribution in [3.8, 4) is 0 Å². The van der Waals surface area contributed by atoms with Crippen molar-refractivity contribution >= 4 is 17.4 Å². The molecular weight excluding hydrogens is 248 g/mol. The van der Waals surface area contributed by atoms with E-state index in [-0.39, 0.29) is 10.6 Å². The maximum absolute atomic E-state index is 10.7. The quantitative estimate of drug-likeness (QED) is 0.635. The molecule has 5 heteroatoms. The summed E-state index contributed by atoms with van der Waals surface area (Å²) in [6.45, 7) is 1.68. The van der Waals surface area contributed by atoms with E-state index in [0.717, 1.165) is 12.1 Å². The molecule has 18 heavy (non-hydrogen) atoms. The van der Waals surface area contributed by atoms with Crippen molar-refractivity contribution in [2.24, 2.45) is 0 Å². The largest absolute Gasteiger partial charge is 0.311 e. The summed E-state index contributed by atoms with van der Waals surface area (Å²) in [5.41, 5.74) is 1.14. The third-order valence-electron chi connectivity index (χ3n) is 3.60. The lowest BCUT2D eigenvalue weighted by Gasteiger charge is -2.40. The van der Waals surface area contributed by atoms with Crippen molar-refractivity contribution < 1.29 is 4.92 Å². The van der Waals surface area contributed by atoms with Crippen LogP contribution in [0.1, 0.15) is 24.8 Å². The zero-order valence-corrected chi connectivity index (χ0v) is 11.3. The Hall–Kier alpha value is -1.07. The molecule has 0 heterocycles. The summed E-state index contributed by atoms with van der Waals surface area (Å²) in [6.07, 6.45) is 6.03. The fourth-order valence-electron chi connectivity index (χ4n) is 2.24. The molecule has 1 aromatic rings. The maximum atomic E-state index is 10.7. The van der Waals surface area contributed by atoms with Crippen LogP contribution in [0, 0.1) is 10.1 Å². The van der Waals surface area contributed by atoms with Crippen LogP contribution in [0.25, 0.3) is 0 Å². The Kier molecular flexibility index (Phi) is 4.24. The van der Waals surface area contributed by atoms with E-state index in [1.165, 1.54) is 25.3 Å². The van der Waals surface area contributed by atoms with Gasteiger partial charge in [-0.25, -0.2) is 0 Å². The van der Waals surface area contributed by atoms with Crippen molar-refractivity contribution in [2.45, 2.75) is 30.6 Å². The second-order valence-corrected chi connectivity index (χ2v) is 6.05. The van der Waals surface area contributed by atoms with Gasteiger partial charge in [-0.2, -0.15) is 11.8 Å². The zero-order chi connectivity index (χ0) is 13.0. The Morgan fingerprint density at radius 1 is 1.50 bits per heavy atom. The van der Waals surface area contributed by atoms with Crippen LogP contribution in [-0.4, -0.2) is 22.5 Å². The molecular formula is C13H18N2O2S. The first kappa shape index (κ1) is 13.4. The number of benzene rings is 1. The first-order valence-electron chi connectivity index (χ1n) is 6.14. The van der Waals surface area contributed by atoms with E-state index in [4.69, 9.17) is 0 Å². The summed E-state index contributed by atoms with van der Waals surface area (Å²) in [7, 11) is 0. The number of rotatable bonds is 6.